The van der Waals surface area contributed by atoms with Crippen molar-refractivity contribution in [1.29, 1.82) is 0 Å². The van der Waals surface area contributed by atoms with Crippen LogP contribution in [0.3, 0.4) is 0 Å². The number of nitrogens with two attached hydrogens (primary N) is 1. The zero-order valence-corrected chi connectivity index (χ0v) is 9.70. The Morgan fingerprint density at radius 3 is 2.60 bits per heavy atom. The van der Waals surface area contributed by atoms with Crippen molar-refractivity contribution in [2.45, 2.75) is 26.0 Å². The van der Waals surface area contributed by atoms with Gasteiger partial charge in [0.05, 0.1) is 5.60 Å². The zero-order valence-electron chi connectivity index (χ0n) is 9.70. The molecule has 0 radical (unpaired) electrons. The Morgan fingerprint density at radius 2 is 2.07 bits per heavy atom. The van der Waals surface area contributed by atoms with E-state index in [0.29, 0.717) is 13.1 Å². The van der Waals surface area contributed by atoms with Crippen LogP contribution >= 0.6 is 0 Å². The van der Waals surface area contributed by atoms with Gasteiger partial charge < -0.3 is 15.7 Å². The number of nitrogens with zero attached hydrogens (tertiary/aromatic N) is 1. The number of benzene rings is 1. The first-order valence-electron chi connectivity index (χ1n) is 5.15. The maximum Gasteiger partial charge on any atom is 0.0765 e. The quantitative estimate of drug-likeness (QED) is 0.785. The molecule has 1 aromatic rings. The Kier molecular flexibility index (Phi) is 3.72. The average molecular weight is 208 g/mol. The molecular formula is C12H20N2O. The summed E-state index contributed by atoms with van der Waals surface area (Å²) in [7, 11) is 1.97. The highest BCUT2D eigenvalue weighted by atomic mass is 16.3. The van der Waals surface area contributed by atoms with Gasteiger partial charge in [0.25, 0.3) is 0 Å². The van der Waals surface area contributed by atoms with E-state index in [1.165, 1.54) is 0 Å². The van der Waals surface area contributed by atoms with Crippen LogP contribution in [0.4, 0.5) is 5.69 Å². The van der Waals surface area contributed by atoms with E-state index in [0.717, 1.165) is 11.3 Å². The molecule has 0 aliphatic rings. The Balaban J connectivity index is 2.77. The van der Waals surface area contributed by atoms with Crippen LogP contribution in [0.5, 0.6) is 0 Å². The van der Waals surface area contributed by atoms with Gasteiger partial charge in [0.15, 0.2) is 0 Å². The Morgan fingerprint density at radius 1 is 1.40 bits per heavy atom. The standard InChI is InChI=1S/C12H20N2O/c1-12(2,15)9-14(3)11-6-4-5-10(7-11)8-13/h4-7,15H,8-9,13H2,1-3H3. The molecule has 84 valence electrons. The number of hydrogen-bond donors (Lipinski definition) is 2. The van der Waals surface area contributed by atoms with Crippen molar-refractivity contribution in [1.82, 2.24) is 0 Å². The van der Waals surface area contributed by atoms with Crippen LogP contribution < -0.4 is 10.6 Å². The van der Waals surface area contributed by atoms with Crippen molar-refractivity contribution in [3.05, 3.63) is 29.8 Å². The minimum Gasteiger partial charge on any atom is -0.389 e. The molecule has 3 heteroatoms. The van der Waals surface area contributed by atoms with Crippen LogP contribution in [0.15, 0.2) is 24.3 Å². The molecule has 3 N–H and O–H groups in total. The van der Waals surface area contributed by atoms with Crippen LogP contribution in [0.1, 0.15) is 19.4 Å². The summed E-state index contributed by atoms with van der Waals surface area (Å²) < 4.78 is 0. The van der Waals surface area contributed by atoms with Crippen molar-refractivity contribution in [2.24, 2.45) is 5.73 Å². The van der Waals surface area contributed by atoms with E-state index in [1.54, 1.807) is 13.8 Å². The van der Waals surface area contributed by atoms with E-state index in [2.05, 4.69) is 0 Å². The monoisotopic (exact) mass is 208 g/mol. The lowest BCUT2D eigenvalue weighted by Crippen LogP contribution is -2.36. The zero-order chi connectivity index (χ0) is 11.5. The van der Waals surface area contributed by atoms with Crippen LogP contribution in [0.2, 0.25) is 0 Å². The van der Waals surface area contributed by atoms with Gasteiger partial charge in [-0.25, -0.2) is 0 Å². The molecule has 15 heavy (non-hydrogen) atoms. The van der Waals surface area contributed by atoms with E-state index in [1.807, 2.05) is 36.2 Å². The molecule has 0 fully saturated rings. The highest BCUT2D eigenvalue weighted by molar-refractivity contribution is 5.48. The fraction of sp³-hybridized carbons (Fsp3) is 0.500. The molecule has 3 nitrogen and oxygen atoms in total. The second-order valence-electron chi connectivity index (χ2n) is 4.54. The van der Waals surface area contributed by atoms with Crippen LogP contribution in [-0.4, -0.2) is 24.3 Å². The van der Waals surface area contributed by atoms with E-state index in [9.17, 15) is 5.11 Å². The van der Waals surface area contributed by atoms with Crippen molar-refractivity contribution < 1.29 is 5.11 Å². The topological polar surface area (TPSA) is 49.5 Å². The largest absolute Gasteiger partial charge is 0.389 e. The lowest BCUT2D eigenvalue weighted by molar-refractivity contribution is 0.0886. The third-order valence-corrected chi connectivity index (χ3v) is 2.21. The van der Waals surface area contributed by atoms with Gasteiger partial charge in [-0.1, -0.05) is 12.1 Å². The maximum absolute atomic E-state index is 9.71. The molecule has 0 aliphatic carbocycles. The number of hydrogen-bond acceptors (Lipinski definition) is 3. The summed E-state index contributed by atoms with van der Waals surface area (Å²) in [4.78, 5) is 2.03. The maximum atomic E-state index is 9.71. The first-order chi connectivity index (χ1) is 6.92. The summed E-state index contributed by atoms with van der Waals surface area (Å²) in [5, 5.41) is 9.71. The Hall–Kier alpha value is -1.06. The van der Waals surface area contributed by atoms with Crippen LogP contribution in [-0.2, 0) is 6.54 Å². The van der Waals surface area contributed by atoms with E-state index < -0.39 is 5.60 Å². The molecule has 0 saturated heterocycles. The van der Waals surface area contributed by atoms with Gasteiger partial charge in [0, 0.05) is 25.8 Å². The van der Waals surface area contributed by atoms with Crippen molar-refractivity contribution >= 4 is 5.69 Å². The minimum atomic E-state index is -0.687. The van der Waals surface area contributed by atoms with E-state index in [4.69, 9.17) is 5.73 Å². The molecular weight excluding hydrogens is 188 g/mol. The normalized spacial score (nSPS) is 11.5. The van der Waals surface area contributed by atoms with Gasteiger partial charge in [0.2, 0.25) is 0 Å². The lowest BCUT2D eigenvalue weighted by atomic mass is 10.1. The molecule has 1 aromatic carbocycles. The highest BCUT2D eigenvalue weighted by Crippen LogP contribution is 2.16. The first kappa shape index (κ1) is 12.0. The smallest absolute Gasteiger partial charge is 0.0765 e. The average Bonchev–Trinajstić information content (AvgIpc) is 2.15. The first-order valence-corrected chi connectivity index (χ1v) is 5.15. The molecule has 0 heterocycles. The summed E-state index contributed by atoms with van der Waals surface area (Å²) in [6.45, 7) is 4.75. The second kappa shape index (κ2) is 4.64. The Labute approximate surface area is 91.5 Å². The molecule has 0 aliphatic heterocycles. The number of rotatable bonds is 4. The van der Waals surface area contributed by atoms with E-state index in [-0.39, 0.29) is 0 Å². The summed E-state index contributed by atoms with van der Waals surface area (Å²) in [6, 6.07) is 8.05. The van der Waals surface area contributed by atoms with Crippen molar-refractivity contribution in [3.8, 4) is 0 Å². The molecule has 0 bridgehead atoms. The van der Waals surface area contributed by atoms with Gasteiger partial charge in [0.1, 0.15) is 0 Å². The predicted molar refractivity (Wildman–Crippen MR) is 63.9 cm³/mol. The molecule has 0 saturated carbocycles. The van der Waals surface area contributed by atoms with Crippen molar-refractivity contribution in [2.75, 3.05) is 18.5 Å². The van der Waals surface area contributed by atoms with Crippen LogP contribution in [0, 0.1) is 0 Å². The predicted octanol–water partition coefficient (Wildman–Crippen LogP) is 1.35. The number of likely N-dealkylation sites (N-methyl/N-ethyl adjacent to an activating group) is 1. The fourth-order valence-corrected chi connectivity index (χ4v) is 1.59. The van der Waals surface area contributed by atoms with Gasteiger partial charge in [-0.3, -0.25) is 0 Å². The SMILES string of the molecule is CN(CC(C)(C)O)c1cccc(CN)c1. The minimum absolute atomic E-state index is 0.546. The van der Waals surface area contributed by atoms with Gasteiger partial charge in [-0.05, 0) is 31.5 Å². The lowest BCUT2D eigenvalue weighted by Gasteiger charge is -2.27. The van der Waals surface area contributed by atoms with Crippen LogP contribution in [0.25, 0.3) is 0 Å². The summed E-state index contributed by atoms with van der Waals surface area (Å²) in [5.74, 6) is 0. The van der Waals surface area contributed by atoms with E-state index >= 15 is 0 Å². The molecule has 0 amide bonds. The van der Waals surface area contributed by atoms with Gasteiger partial charge in [-0.15, -0.1) is 0 Å². The summed E-state index contributed by atoms with van der Waals surface area (Å²) >= 11 is 0. The van der Waals surface area contributed by atoms with Crippen molar-refractivity contribution in [3.63, 3.8) is 0 Å². The summed E-state index contributed by atoms with van der Waals surface area (Å²) in [6.07, 6.45) is 0. The molecule has 1 rings (SSSR count). The molecule has 0 spiro atoms. The molecule has 0 unspecified atom stereocenters. The molecule has 0 aromatic heterocycles. The Bertz CT molecular complexity index is 318. The van der Waals surface area contributed by atoms with Gasteiger partial charge >= 0.3 is 0 Å². The number of aliphatic hydroxyl groups is 1. The number of anilines is 1. The second-order valence-corrected chi connectivity index (χ2v) is 4.54. The fourth-order valence-electron chi connectivity index (χ4n) is 1.59. The highest BCUT2D eigenvalue weighted by Gasteiger charge is 2.15. The summed E-state index contributed by atoms with van der Waals surface area (Å²) in [5.41, 5.74) is 7.08. The molecule has 0 atom stereocenters. The van der Waals surface area contributed by atoms with Gasteiger partial charge in [-0.2, -0.15) is 0 Å². The third-order valence-electron chi connectivity index (χ3n) is 2.21. The third kappa shape index (κ3) is 3.90.